The van der Waals surface area contributed by atoms with Gasteiger partial charge in [0.2, 0.25) is 11.8 Å². The molecule has 166 valence electrons. The highest BCUT2D eigenvalue weighted by Crippen LogP contribution is 2.19. The molecule has 2 aromatic carbocycles. The van der Waals surface area contributed by atoms with Gasteiger partial charge in [-0.05, 0) is 43.0 Å². The summed E-state index contributed by atoms with van der Waals surface area (Å²) in [5.74, 6) is -0.306. The minimum atomic E-state index is -0.619. The summed E-state index contributed by atoms with van der Waals surface area (Å²) < 4.78 is 0. The molecule has 0 fully saturated rings. The van der Waals surface area contributed by atoms with Gasteiger partial charge >= 0.3 is 0 Å². The van der Waals surface area contributed by atoms with Gasteiger partial charge in [0.25, 0.3) is 0 Å². The number of amides is 2. The van der Waals surface area contributed by atoms with Crippen LogP contribution in [0.3, 0.4) is 0 Å². The van der Waals surface area contributed by atoms with Crippen LogP contribution in [0.4, 0.5) is 0 Å². The summed E-state index contributed by atoms with van der Waals surface area (Å²) in [6.45, 7) is 1.02. The average Bonchev–Trinajstić information content (AvgIpc) is 3.18. The highest BCUT2D eigenvalue weighted by atomic mass is 35.5. The molecular formula is C24H31ClN4O2. The lowest BCUT2D eigenvalue weighted by atomic mass is 10.0. The van der Waals surface area contributed by atoms with Crippen LogP contribution < -0.4 is 16.4 Å². The maximum Gasteiger partial charge on any atom is 0.242 e. The fourth-order valence-corrected chi connectivity index (χ4v) is 3.53. The molecule has 1 atom stereocenters. The van der Waals surface area contributed by atoms with Crippen LogP contribution in [0.1, 0.15) is 30.4 Å². The van der Waals surface area contributed by atoms with Gasteiger partial charge in [-0.2, -0.15) is 0 Å². The van der Waals surface area contributed by atoms with Crippen molar-refractivity contribution in [1.82, 2.24) is 15.6 Å². The molecular weight excluding hydrogens is 412 g/mol. The summed E-state index contributed by atoms with van der Waals surface area (Å²) >= 11 is 0. The quantitative estimate of drug-likeness (QED) is 0.343. The first-order chi connectivity index (χ1) is 14.7. The summed E-state index contributed by atoms with van der Waals surface area (Å²) in [4.78, 5) is 28.4. The fourth-order valence-electron chi connectivity index (χ4n) is 3.53. The van der Waals surface area contributed by atoms with Crippen molar-refractivity contribution >= 4 is 35.1 Å². The van der Waals surface area contributed by atoms with Crippen molar-refractivity contribution in [3.8, 4) is 0 Å². The van der Waals surface area contributed by atoms with Crippen LogP contribution >= 0.6 is 12.4 Å². The number of aryl methyl sites for hydroxylation is 1. The maximum absolute atomic E-state index is 12.9. The number of hydrogen-bond acceptors (Lipinski definition) is 3. The number of nitrogens with one attached hydrogen (secondary N) is 3. The Bertz CT molecular complexity index is 958. The van der Waals surface area contributed by atoms with E-state index in [1.54, 1.807) is 0 Å². The van der Waals surface area contributed by atoms with E-state index < -0.39 is 6.04 Å². The molecule has 0 radical (unpaired) electrons. The van der Waals surface area contributed by atoms with E-state index in [1.807, 2.05) is 48.7 Å². The zero-order valence-electron chi connectivity index (χ0n) is 17.6. The Morgan fingerprint density at radius 2 is 1.74 bits per heavy atom. The second-order valence-corrected chi connectivity index (χ2v) is 7.46. The summed E-state index contributed by atoms with van der Waals surface area (Å²) in [6.07, 6.45) is 5.01. The van der Waals surface area contributed by atoms with Crippen LogP contribution in [0.15, 0.2) is 60.8 Å². The van der Waals surface area contributed by atoms with Crippen molar-refractivity contribution in [2.24, 2.45) is 5.73 Å². The van der Waals surface area contributed by atoms with E-state index in [-0.39, 0.29) is 24.2 Å². The van der Waals surface area contributed by atoms with Gasteiger partial charge in [-0.25, -0.2) is 0 Å². The first-order valence-corrected chi connectivity index (χ1v) is 10.5. The van der Waals surface area contributed by atoms with Gasteiger partial charge < -0.3 is 21.4 Å². The number of hydrogen-bond donors (Lipinski definition) is 4. The van der Waals surface area contributed by atoms with Gasteiger partial charge in [0.1, 0.15) is 6.04 Å². The van der Waals surface area contributed by atoms with Crippen LogP contribution in [-0.2, 0) is 22.4 Å². The van der Waals surface area contributed by atoms with E-state index in [9.17, 15) is 9.59 Å². The van der Waals surface area contributed by atoms with E-state index in [0.717, 1.165) is 29.3 Å². The van der Waals surface area contributed by atoms with Crippen LogP contribution in [0.5, 0.6) is 0 Å². The summed E-state index contributed by atoms with van der Waals surface area (Å²) in [6, 6.07) is 17.5. The molecule has 0 aliphatic rings. The molecule has 0 saturated heterocycles. The molecule has 0 aliphatic heterocycles. The zero-order chi connectivity index (χ0) is 21.2. The van der Waals surface area contributed by atoms with Gasteiger partial charge in [0.15, 0.2) is 0 Å². The number of aromatic nitrogens is 1. The van der Waals surface area contributed by atoms with Crippen LogP contribution in [0.2, 0.25) is 0 Å². The lowest BCUT2D eigenvalue weighted by Gasteiger charge is -2.18. The first-order valence-electron chi connectivity index (χ1n) is 10.5. The van der Waals surface area contributed by atoms with E-state index in [1.165, 1.54) is 5.56 Å². The highest BCUT2D eigenvalue weighted by molar-refractivity contribution is 5.89. The van der Waals surface area contributed by atoms with Crippen molar-refractivity contribution in [1.29, 1.82) is 0 Å². The summed E-state index contributed by atoms with van der Waals surface area (Å²) in [7, 11) is 0. The van der Waals surface area contributed by atoms with E-state index in [4.69, 9.17) is 5.73 Å². The third-order valence-electron chi connectivity index (χ3n) is 5.14. The third-order valence-corrected chi connectivity index (χ3v) is 5.14. The zero-order valence-corrected chi connectivity index (χ0v) is 18.4. The van der Waals surface area contributed by atoms with Crippen molar-refractivity contribution in [2.75, 3.05) is 13.1 Å². The molecule has 3 aromatic rings. The largest absolute Gasteiger partial charge is 0.361 e. The number of H-pyrrole nitrogens is 1. The predicted octanol–water partition coefficient (Wildman–Crippen LogP) is 3.10. The standard InChI is InChI=1S/C24H30N4O2.ClH/c25-14-6-13-23(29)28-22(16-19-17-27-21-12-5-4-11-20(19)21)24(30)26-15-7-10-18-8-2-1-3-9-18;/h1-5,8-9,11-12,17,22,27H,6-7,10,13-16,25H2,(H,26,30)(H,28,29);1H. The van der Waals surface area contributed by atoms with Gasteiger partial charge in [0, 0.05) is 36.5 Å². The number of aromatic amines is 1. The molecule has 2 amide bonds. The van der Waals surface area contributed by atoms with Crippen LogP contribution in [-0.4, -0.2) is 35.9 Å². The van der Waals surface area contributed by atoms with E-state index in [2.05, 4.69) is 27.8 Å². The Kier molecular flexibility index (Phi) is 10.1. The van der Waals surface area contributed by atoms with Gasteiger partial charge in [-0.3, -0.25) is 9.59 Å². The molecule has 0 spiro atoms. The average molecular weight is 443 g/mol. The Labute approximate surface area is 189 Å². The Morgan fingerprint density at radius 1 is 1.00 bits per heavy atom. The van der Waals surface area contributed by atoms with Crippen LogP contribution in [0.25, 0.3) is 10.9 Å². The van der Waals surface area contributed by atoms with Crippen LogP contribution in [0, 0.1) is 0 Å². The first kappa shape index (κ1) is 24.4. The molecule has 0 aliphatic carbocycles. The number of nitrogens with two attached hydrogens (primary N) is 1. The normalized spacial score (nSPS) is 11.5. The van der Waals surface area contributed by atoms with Gasteiger partial charge in [0.05, 0.1) is 0 Å². The number of para-hydroxylation sites is 1. The van der Waals surface area contributed by atoms with Crippen molar-refractivity contribution < 1.29 is 9.59 Å². The molecule has 7 heteroatoms. The Balaban J connectivity index is 0.00000341. The lowest BCUT2D eigenvalue weighted by molar-refractivity contribution is -0.129. The number of rotatable bonds is 11. The SMILES string of the molecule is Cl.NCCCC(=O)NC(Cc1c[nH]c2ccccc12)C(=O)NCCCc1ccccc1. The van der Waals surface area contributed by atoms with Crippen molar-refractivity contribution in [3.63, 3.8) is 0 Å². The number of fused-ring (bicyclic) bond motifs is 1. The molecule has 0 bridgehead atoms. The number of carbonyl (C=O) groups excluding carboxylic acids is 2. The van der Waals surface area contributed by atoms with Crippen molar-refractivity contribution in [3.05, 3.63) is 71.9 Å². The van der Waals surface area contributed by atoms with Gasteiger partial charge in [-0.1, -0.05) is 48.5 Å². The minimum absolute atomic E-state index is 0. The monoisotopic (exact) mass is 442 g/mol. The van der Waals surface area contributed by atoms with E-state index in [0.29, 0.717) is 32.4 Å². The molecule has 1 aromatic heterocycles. The summed E-state index contributed by atoms with van der Waals surface area (Å²) in [5, 5.41) is 6.94. The molecule has 6 nitrogen and oxygen atoms in total. The second-order valence-electron chi connectivity index (χ2n) is 7.46. The molecule has 0 saturated carbocycles. The maximum atomic E-state index is 12.9. The predicted molar refractivity (Wildman–Crippen MR) is 127 cm³/mol. The lowest BCUT2D eigenvalue weighted by Crippen LogP contribution is -2.48. The molecule has 1 heterocycles. The molecule has 1 unspecified atom stereocenters. The third kappa shape index (κ3) is 7.42. The molecule has 5 N–H and O–H groups in total. The topological polar surface area (TPSA) is 100 Å². The number of halogens is 1. The van der Waals surface area contributed by atoms with Crippen molar-refractivity contribution in [2.45, 2.75) is 38.1 Å². The number of carbonyl (C=O) groups is 2. The fraction of sp³-hybridized carbons (Fsp3) is 0.333. The Hall–Kier alpha value is -2.83. The molecule has 3 rings (SSSR count). The molecule has 31 heavy (non-hydrogen) atoms. The Morgan fingerprint density at radius 3 is 2.52 bits per heavy atom. The minimum Gasteiger partial charge on any atom is -0.361 e. The van der Waals surface area contributed by atoms with Gasteiger partial charge in [-0.15, -0.1) is 12.4 Å². The number of benzene rings is 2. The van der Waals surface area contributed by atoms with E-state index >= 15 is 0 Å². The smallest absolute Gasteiger partial charge is 0.242 e. The second kappa shape index (κ2) is 12.8. The highest BCUT2D eigenvalue weighted by Gasteiger charge is 2.22. The summed E-state index contributed by atoms with van der Waals surface area (Å²) in [5.41, 5.74) is 8.78.